The number of carbonyl (C=O) groups excluding carboxylic acids is 1. The Morgan fingerprint density at radius 1 is 1.29 bits per heavy atom. The first-order valence-electron chi connectivity index (χ1n) is 6.03. The Morgan fingerprint density at radius 3 is 2.67 bits per heavy atom. The van der Waals surface area contributed by atoms with Crippen LogP contribution in [0.25, 0.3) is 22.4 Å². The lowest BCUT2D eigenvalue weighted by molar-refractivity contribution is -0.328. The number of ether oxygens (including phenoxy) is 1. The van der Waals surface area contributed by atoms with Crippen LogP contribution in [0.1, 0.15) is 6.92 Å². The van der Waals surface area contributed by atoms with Gasteiger partial charge in [0.15, 0.2) is 5.65 Å². The highest BCUT2D eigenvalue weighted by Gasteiger charge is 2.12. The third kappa shape index (κ3) is 3.01. The second-order valence-electron chi connectivity index (χ2n) is 4.33. The maximum Gasteiger partial charge on any atom is 0.310 e. The molecule has 3 rings (SSSR count). The number of aromatic nitrogens is 3. The van der Waals surface area contributed by atoms with Gasteiger partial charge in [-0.15, -0.1) is 0 Å². The molecule has 5 nitrogen and oxygen atoms in total. The number of carbonyl (C=O) groups is 1. The van der Waals surface area contributed by atoms with Crippen molar-refractivity contribution in [1.82, 2.24) is 15.0 Å². The van der Waals surface area contributed by atoms with Crippen LogP contribution >= 0.6 is 11.6 Å². The van der Waals surface area contributed by atoms with Gasteiger partial charge < -0.3 is 32.3 Å². The van der Waals surface area contributed by atoms with E-state index in [1.807, 2.05) is 24.3 Å². The second-order valence-corrected chi connectivity index (χ2v) is 5.99. The van der Waals surface area contributed by atoms with Crippen molar-refractivity contribution in [3.05, 3.63) is 38.9 Å². The van der Waals surface area contributed by atoms with Gasteiger partial charge in [0.2, 0.25) is 0 Å². The average Bonchev–Trinajstić information content (AvgIpc) is 2.79. The minimum Gasteiger partial charge on any atom is -0.759 e. The molecule has 2 heterocycles. The summed E-state index contributed by atoms with van der Waals surface area (Å²) in [6.07, 6.45) is 0. The van der Waals surface area contributed by atoms with Crippen LogP contribution in [-0.2, 0) is 4.79 Å². The zero-order chi connectivity index (χ0) is 15.0. The van der Waals surface area contributed by atoms with Gasteiger partial charge in [0.25, 0.3) is 0 Å². The summed E-state index contributed by atoms with van der Waals surface area (Å²) < 4.78 is 6.04. The largest absolute Gasteiger partial charge is 0.759 e. The lowest BCUT2D eigenvalue weighted by atomic mass is 10.1. The van der Waals surface area contributed by atoms with E-state index in [1.165, 1.54) is 6.92 Å². The van der Waals surface area contributed by atoms with E-state index in [2.05, 4.69) is 37.5 Å². The van der Waals surface area contributed by atoms with Crippen LogP contribution in [0.15, 0.2) is 30.3 Å². The Morgan fingerprint density at radius 2 is 2.00 bits per heavy atom. The van der Waals surface area contributed by atoms with Crippen molar-refractivity contribution in [2.75, 3.05) is 0 Å². The number of esters is 1. The summed E-state index contributed by atoms with van der Waals surface area (Å²) in [7, 11) is 0. The molecular formula is C14H9ClIN3O2-. The van der Waals surface area contributed by atoms with Crippen LogP contribution in [0.2, 0.25) is 5.02 Å². The molecule has 21 heavy (non-hydrogen) atoms. The van der Waals surface area contributed by atoms with E-state index < -0.39 is 5.97 Å². The number of aromatic amines is 1. The van der Waals surface area contributed by atoms with Gasteiger partial charge in [-0.05, 0) is 6.07 Å². The topological polar surface area (TPSA) is 67.9 Å². The number of hydrogen-bond acceptors (Lipinski definition) is 4. The fraction of sp³-hybridized carbons (Fsp3) is 0.0714. The highest BCUT2D eigenvalue weighted by molar-refractivity contribution is 6.33. The van der Waals surface area contributed by atoms with Gasteiger partial charge in [0.05, 0.1) is 16.2 Å². The monoisotopic (exact) mass is 413 g/mol. The molecule has 0 aliphatic carbocycles. The maximum atomic E-state index is 10.9. The molecule has 2 aromatic heterocycles. The Balaban J connectivity index is 2.09. The molecule has 0 unspecified atom stereocenters. The first-order valence-corrected chi connectivity index (χ1v) is 7.49. The summed E-state index contributed by atoms with van der Waals surface area (Å²) in [5.74, 6) is -0.446. The summed E-state index contributed by atoms with van der Waals surface area (Å²) >= 11 is 8.51. The molecule has 0 spiro atoms. The normalized spacial score (nSPS) is 10.8. The number of imidazole rings is 1. The van der Waals surface area contributed by atoms with Gasteiger partial charge in [-0.2, -0.15) is 8.55 Å². The summed E-state index contributed by atoms with van der Waals surface area (Å²) in [4.78, 5) is 22.4. The van der Waals surface area contributed by atoms with E-state index in [0.29, 0.717) is 21.9 Å². The molecular weight excluding hydrogens is 405 g/mol. The number of halogens is 2. The molecule has 1 aromatic carbocycles. The van der Waals surface area contributed by atoms with Crippen LogP contribution in [0.3, 0.4) is 0 Å². The predicted molar refractivity (Wildman–Crippen MR) is 74.3 cm³/mol. The molecule has 1 N–H and O–H groups in total. The lowest BCUT2D eigenvalue weighted by Gasteiger charge is -2.07. The van der Waals surface area contributed by atoms with Crippen LogP contribution in [-0.4, -0.2) is 20.9 Å². The van der Waals surface area contributed by atoms with Crippen molar-refractivity contribution < 1.29 is 32.1 Å². The van der Waals surface area contributed by atoms with Crippen molar-refractivity contribution in [3.63, 3.8) is 0 Å². The van der Waals surface area contributed by atoms with Crippen LogP contribution in [0, 0.1) is 3.57 Å². The maximum absolute atomic E-state index is 10.9. The fourth-order valence-electron chi connectivity index (χ4n) is 1.89. The van der Waals surface area contributed by atoms with E-state index in [4.69, 9.17) is 16.3 Å². The Hall–Kier alpha value is -1.67. The number of benzene rings is 1. The summed E-state index contributed by atoms with van der Waals surface area (Å²) in [6, 6.07) is 9.68. The molecule has 1 radical (unpaired) electrons. The average molecular weight is 414 g/mol. The third-order valence-corrected chi connectivity index (χ3v) is 3.77. The third-order valence-electron chi connectivity index (χ3n) is 2.76. The number of H-pyrrole nitrogens is 1. The molecule has 0 atom stereocenters. The first-order chi connectivity index (χ1) is 10.0. The minimum absolute atomic E-state index is 0.112. The number of nitrogens with zero attached hydrogens (tertiary/aromatic N) is 2. The Bertz CT molecular complexity index is 830. The van der Waals surface area contributed by atoms with E-state index in [-0.39, 0.29) is 6.01 Å². The molecule has 0 saturated carbocycles. The quantitative estimate of drug-likeness (QED) is 0.472. The molecule has 0 bridgehead atoms. The van der Waals surface area contributed by atoms with Gasteiger partial charge in [-0.25, -0.2) is 4.98 Å². The van der Waals surface area contributed by atoms with Crippen molar-refractivity contribution >= 4 is 28.7 Å². The number of hydrogen-bond donors (Lipinski definition) is 1. The highest BCUT2D eigenvalue weighted by Crippen LogP contribution is 2.29. The van der Waals surface area contributed by atoms with Crippen molar-refractivity contribution in [1.29, 1.82) is 0 Å². The van der Waals surface area contributed by atoms with E-state index in [0.717, 1.165) is 9.13 Å². The molecule has 0 aliphatic rings. The van der Waals surface area contributed by atoms with Crippen molar-refractivity contribution in [2.45, 2.75) is 6.92 Å². The molecule has 0 aliphatic heterocycles. The number of pyridine rings is 1. The fourth-order valence-corrected chi connectivity index (χ4v) is 2.51. The SMILES string of the molecule is CC(=O)Oc1nc2nc(-c3ccc([I-])cc3)c(Cl)cc2[nH]1. The summed E-state index contributed by atoms with van der Waals surface area (Å²) in [5, 5.41) is 0.502. The zero-order valence-corrected chi connectivity index (χ0v) is 13.8. The highest BCUT2D eigenvalue weighted by atomic mass is 127. The Labute approximate surface area is 138 Å². The molecule has 0 saturated heterocycles. The van der Waals surface area contributed by atoms with Crippen LogP contribution < -0.4 is 27.3 Å². The zero-order valence-electron chi connectivity index (χ0n) is 10.9. The van der Waals surface area contributed by atoms with Gasteiger partial charge in [0, 0.05) is 12.5 Å². The van der Waals surface area contributed by atoms with Gasteiger partial charge >= 0.3 is 12.0 Å². The van der Waals surface area contributed by atoms with Crippen LogP contribution in [0.4, 0.5) is 0 Å². The van der Waals surface area contributed by atoms with Crippen molar-refractivity contribution in [3.8, 4) is 17.3 Å². The predicted octanol–water partition coefficient (Wildman–Crippen LogP) is -0.0735. The number of fused-ring (bicyclic) bond motifs is 1. The molecule has 7 heteroatoms. The minimum atomic E-state index is -0.446. The molecule has 3 aromatic rings. The molecule has 0 fully saturated rings. The van der Waals surface area contributed by atoms with E-state index in [9.17, 15) is 4.79 Å². The molecule has 107 valence electrons. The van der Waals surface area contributed by atoms with Gasteiger partial charge in [0.1, 0.15) is 0 Å². The standard InChI is InChI=1S/C14H9ClIN3O2/c1-7(20)21-14-17-11-6-10(15)12(18-13(11)19-14)8-2-4-9(16)5-3-8/h2-6H,1H3,(H,17,18,19)/q-1. The van der Waals surface area contributed by atoms with Gasteiger partial charge in [-0.3, -0.25) is 4.79 Å². The Kier molecular flexibility index (Phi) is 3.81. The smallest absolute Gasteiger partial charge is 0.310 e. The first kappa shape index (κ1) is 14.3. The lowest BCUT2D eigenvalue weighted by Crippen LogP contribution is -3.34. The number of nitrogens with one attached hydrogen (secondary N) is 1. The van der Waals surface area contributed by atoms with Crippen LogP contribution in [0.5, 0.6) is 6.01 Å². The number of rotatable bonds is 2. The van der Waals surface area contributed by atoms with E-state index in [1.54, 1.807) is 6.07 Å². The van der Waals surface area contributed by atoms with E-state index >= 15 is 0 Å². The summed E-state index contributed by atoms with van der Waals surface area (Å²) in [6.45, 7) is 1.31. The molecule has 0 amide bonds. The van der Waals surface area contributed by atoms with Gasteiger partial charge in [-0.1, -0.05) is 35.9 Å². The van der Waals surface area contributed by atoms with Crippen molar-refractivity contribution in [2.24, 2.45) is 0 Å². The summed E-state index contributed by atoms with van der Waals surface area (Å²) in [5.41, 5.74) is 2.61. The second kappa shape index (κ2) is 5.61.